The van der Waals surface area contributed by atoms with Crippen molar-refractivity contribution in [2.24, 2.45) is 0 Å². The minimum atomic E-state index is -0.238. The van der Waals surface area contributed by atoms with Gasteiger partial charge in [0, 0.05) is 16.6 Å². The summed E-state index contributed by atoms with van der Waals surface area (Å²) in [6, 6.07) is 12.4. The number of benzene rings is 2. The smallest absolute Gasteiger partial charge is 0.262 e. The second kappa shape index (κ2) is 7.59. The molecule has 0 radical (unpaired) electrons. The average Bonchev–Trinajstić information content (AvgIpc) is 2.49. The molecule has 0 aliphatic rings. The van der Waals surface area contributed by atoms with E-state index in [4.69, 9.17) is 27.9 Å². The molecule has 2 aromatic carbocycles. The zero-order chi connectivity index (χ0) is 15.2. The summed E-state index contributed by atoms with van der Waals surface area (Å²) in [4.78, 5) is 12.9. The Balaban J connectivity index is 1.87. The van der Waals surface area contributed by atoms with E-state index in [-0.39, 0.29) is 12.5 Å². The molecule has 21 heavy (non-hydrogen) atoms. The first-order valence-electron chi connectivity index (χ1n) is 6.10. The summed E-state index contributed by atoms with van der Waals surface area (Å²) in [5.74, 6) is 0.259. The van der Waals surface area contributed by atoms with E-state index >= 15 is 0 Å². The number of carbonyl (C=O) groups excluding carboxylic acids is 1. The van der Waals surface area contributed by atoms with Gasteiger partial charge in [0.1, 0.15) is 5.75 Å². The van der Waals surface area contributed by atoms with Crippen molar-refractivity contribution in [3.63, 3.8) is 0 Å². The molecule has 0 aliphatic heterocycles. The van der Waals surface area contributed by atoms with Crippen LogP contribution in [0.2, 0.25) is 10.0 Å². The van der Waals surface area contributed by atoms with Gasteiger partial charge >= 0.3 is 0 Å². The highest BCUT2D eigenvalue weighted by molar-refractivity contribution is 7.98. The molecule has 0 saturated heterocycles. The molecule has 0 atom stereocenters. The van der Waals surface area contributed by atoms with E-state index in [2.05, 4.69) is 5.32 Å². The van der Waals surface area contributed by atoms with Gasteiger partial charge in [0.15, 0.2) is 6.61 Å². The van der Waals surface area contributed by atoms with Gasteiger partial charge in [-0.05, 0) is 42.7 Å². The number of hydrogen-bond acceptors (Lipinski definition) is 3. The predicted octanol–water partition coefficient (Wildman–Crippen LogP) is 4.73. The fraction of sp³-hybridized carbons (Fsp3) is 0.133. The van der Waals surface area contributed by atoms with E-state index in [9.17, 15) is 4.79 Å². The Morgan fingerprint density at radius 1 is 1.14 bits per heavy atom. The predicted molar refractivity (Wildman–Crippen MR) is 88.8 cm³/mol. The van der Waals surface area contributed by atoms with Gasteiger partial charge in [-0.1, -0.05) is 23.2 Å². The molecule has 110 valence electrons. The number of thioether (sulfide) groups is 1. The third kappa shape index (κ3) is 4.84. The van der Waals surface area contributed by atoms with Crippen LogP contribution in [0.4, 0.5) is 5.69 Å². The van der Waals surface area contributed by atoms with Crippen molar-refractivity contribution in [3.05, 3.63) is 52.5 Å². The van der Waals surface area contributed by atoms with Crippen LogP contribution in [0.5, 0.6) is 5.75 Å². The van der Waals surface area contributed by atoms with Crippen LogP contribution in [-0.2, 0) is 4.79 Å². The minimum Gasteiger partial charge on any atom is -0.484 e. The number of nitrogens with one attached hydrogen (secondary N) is 1. The van der Waals surface area contributed by atoms with Crippen molar-refractivity contribution in [3.8, 4) is 5.75 Å². The van der Waals surface area contributed by atoms with Crippen LogP contribution in [0.3, 0.4) is 0 Å². The van der Waals surface area contributed by atoms with Gasteiger partial charge in [0.2, 0.25) is 0 Å². The standard InChI is InChI=1S/C15H13Cl2NO2S/c1-21-12-5-2-10(3-6-12)18-15(19)9-20-11-4-7-13(16)14(17)8-11/h2-8H,9H2,1H3,(H,18,19). The van der Waals surface area contributed by atoms with Gasteiger partial charge in [-0.2, -0.15) is 0 Å². The number of rotatable bonds is 5. The maximum Gasteiger partial charge on any atom is 0.262 e. The van der Waals surface area contributed by atoms with Crippen molar-refractivity contribution in [1.82, 2.24) is 0 Å². The zero-order valence-electron chi connectivity index (χ0n) is 11.2. The molecule has 0 aliphatic carbocycles. The van der Waals surface area contributed by atoms with Crippen molar-refractivity contribution in [2.75, 3.05) is 18.2 Å². The minimum absolute atomic E-state index is 0.0950. The molecule has 0 heterocycles. The van der Waals surface area contributed by atoms with Gasteiger partial charge in [-0.3, -0.25) is 4.79 Å². The summed E-state index contributed by atoms with van der Waals surface area (Å²) < 4.78 is 5.36. The SMILES string of the molecule is CSc1ccc(NC(=O)COc2ccc(Cl)c(Cl)c2)cc1. The molecule has 2 rings (SSSR count). The number of amides is 1. The third-order valence-corrected chi connectivity index (χ3v) is 4.12. The van der Waals surface area contributed by atoms with E-state index in [0.29, 0.717) is 15.8 Å². The highest BCUT2D eigenvalue weighted by atomic mass is 35.5. The lowest BCUT2D eigenvalue weighted by Gasteiger charge is -2.08. The number of carbonyl (C=O) groups is 1. The van der Waals surface area contributed by atoms with Gasteiger partial charge in [-0.15, -0.1) is 11.8 Å². The normalized spacial score (nSPS) is 10.2. The van der Waals surface area contributed by atoms with Gasteiger partial charge in [0.05, 0.1) is 10.0 Å². The Labute approximate surface area is 137 Å². The van der Waals surface area contributed by atoms with E-state index in [0.717, 1.165) is 10.6 Å². The lowest BCUT2D eigenvalue weighted by atomic mass is 10.3. The summed E-state index contributed by atoms with van der Waals surface area (Å²) in [5.41, 5.74) is 0.732. The quantitative estimate of drug-likeness (QED) is 0.798. The van der Waals surface area contributed by atoms with Crippen molar-refractivity contribution >= 4 is 46.6 Å². The molecule has 6 heteroatoms. The van der Waals surface area contributed by atoms with Crippen LogP contribution in [0.15, 0.2) is 47.4 Å². The first-order valence-corrected chi connectivity index (χ1v) is 8.08. The topological polar surface area (TPSA) is 38.3 Å². The molecular weight excluding hydrogens is 329 g/mol. The van der Waals surface area contributed by atoms with Crippen LogP contribution in [0, 0.1) is 0 Å². The maximum absolute atomic E-state index is 11.8. The van der Waals surface area contributed by atoms with Crippen molar-refractivity contribution < 1.29 is 9.53 Å². The first kappa shape index (κ1) is 16.0. The number of anilines is 1. The number of ether oxygens (including phenoxy) is 1. The fourth-order valence-corrected chi connectivity index (χ4v) is 2.28. The van der Waals surface area contributed by atoms with E-state index < -0.39 is 0 Å². The fourth-order valence-electron chi connectivity index (χ4n) is 1.59. The second-order valence-electron chi connectivity index (χ2n) is 4.14. The molecule has 0 bridgehead atoms. The molecule has 1 amide bonds. The monoisotopic (exact) mass is 341 g/mol. The highest BCUT2D eigenvalue weighted by Crippen LogP contribution is 2.26. The molecule has 0 saturated carbocycles. The van der Waals surface area contributed by atoms with Crippen LogP contribution < -0.4 is 10.1 Å². The van der Waals surface area contributed by atoms with Crippen LogP contribution >= 0.6 is 35.0 Å². The third-order valence-electron chi connectivity index (χ3n) is 2.63. The Kier molecular flexibility index (Phi) is 5.79. The van der Waals surface area contributed by atoms with Crippen LogP contribution in [0.25, 0.3) is 0 Å². The van der Waals surface area contributed by atoms with Crippen LogP contribution in [0.1, 0.15) is 0 Å². The Morgan fingerprint density at radius 3 is 2.48 bits per heavy atom. The van der Waals surface area contributed by atoms with Gasteiger partial charge < -0.3 is 10.1 Å². The summed E-state index contributed by atoms with van der Waals surface area (Å²) >= 11 is 13.3. The maximum atomic E-state index is 11.8. The van der Waals surface area contributed by atoms with Crippen molar-refractivity contribution in [2.45, 2.75) is 4.90 Å². The first-order chi connectivity index (χ1) is 10.1. The van der Waals surface area contributed by atoms with E-state index in [1.54, 1.807) is 30.0 Å². The summed E-state index contributed by atoms with van der Waals surface area (Å²) in [6.45, 7) is -0.0950. The summed E-state index contributed by atoms with van der Waals surface area (Å²) in [6.07, 6.45) is 2.00. The van der Waals surface area contributed by atoms with E-state index in [1.807, 2.05) is 30.5 Å². The Morgan fingerprint density at radius 2 is 1.86 bits per heavy atom. The highest BCUT2D eigenvalue weighted by Gasteiger charge is 2.05. The lowest BCUT2D eigenvalue weighted by Crippen LogP contribution is -2.20. The van der Waals surface area contributed by atoms with E-state index in [1.165, 1.54) is 0 Å². The molecule has 1 N–H and O–H groups in total. The molecule has 2 aromatic rings. The molecule has 0 aromatic heterocycles. The van der Waals surface area contributed by atoms with Crippen LogP contribution in [-0.4, -0.2) is 18.8 Å². The van der Waals surface area contributed by atoms with Gasteiger partial charge in [0.25, 0.3) is 5.91 Å². The number of hydrogen-bond donors (Lipinski definition) is 1. The molecule has 0 unspecified atom stereocenters. The average molecular weight is 342 g/mol. The van der Waals surface area contributed by atoms with Crippen molar-refractivity contribution in [1.29, 1.82) is 0 Å². The Hall–Kier alpha value is -1.36. The largest absolute Gasteiger partial charge is 0.484 e. The lowest BCUT2D eigenvalue weighted by molar-refractivity contribution is -0.118. The second-order valence-corrected chi connectivity index (χ2v) is 5.84. The molecule has 0 fully saturated rings. The molecule has 3 nitrogen and oxygen atoms in total. The summed E-state index contributed by atoms with van der Waals surface area (Å²) in [7, 11) is 0. The van der Waals surface area contributed by atoms with Gasteiger partial charge in [-0.25, -0.2) is 0 Å². The zero-order valence-corrected chi connectivity index (χ0v) is 13.6. The summed E-state index contributed by atoms with van der Waals surface area (Å²) in [5, 5.41) is 3.59. The molecule has 0 spiro atoms. The number of halogens is 2. The molecular formula is C15H13Cl2NO2S. The Bertz CT molecular complexity index is 632.